The first-order chi connectivity index (χ1) is 20.6. The second-order valence-electron chi connectivity index (χ2n) is 10.3. The van der Waals surface area contributed by atoms with Crippen LogP contribution in [0, 0.1) is 0 Å². The van der Waals surface area contributed by atoms with Gasteiger partial charge in [-0.2, -0.15) is 13.2 Å². The first kappa shape index (κ1) is 30.6. The van der Waals surface area contributed by atoms with E-state index in [0.717, 1.165) is 29.3 Å². The van der Waals surface area contributed by atoms with E-state index in [1.54, 1.807) is 45.5 Å². The van der Waals surface area contributed by atoms with Crippen LogP contribution in [0.15, 0.2) is 72.2 Å². The highest BCUT2D eigenvalue weighted by atomic mass is 35.5. The van der Waals surface area contributed by atoms with Crippen LogP contribution in [0.1, 0.15) is 50.5 Å². The van der Waals surface area contributed by atoms with Gasteiger partial charge in [0.25, 0.3) is 11.8 Å². The van der Waals surface area contributed by atoms with E-state index in [1.165, 1.54) is 17.4 Å². The van der Waals surface area contributed by atoms with Gasteiger partial charge in [-0.15, -0.1) is 11.3 Å². The van der Waals surface area contributed by atoms with E-state index in [0.29, 0.717) is 67.8 Å². The smallest absolute Gasteiger partial charge is 0.368 e. The third-order valence-corrected chi connectivity index (χ3v) is 8.51. The topological polar surface area (TPSA) is 61.7 Å². The molecule has 12 heteroatoms. The van der Waals surface area contributed by atoms with Crippen LogP contribution >= 0.6 is 22.9 Å². The molecule has 2 aromatic carbocycles. The highest BCUT2D eigenvalue weighted by Gasteiger charge is 2.31. The quantitative estimate of drug-likeness (QED) is 0.207. The lowest BCUT2D eigenvalue weighted by Crippen LogP contribution is -2.49. The molecule has 2 aromatic heterocycles. The van der Waals surface area contributed by atoms with Gasteiger partial charge in [0, 0.05) is 55.7 Å². The Bertz CT molecular complexity index is 1580. The number of anilines is 1. The van der Waals surface area contributed by atoms with Gasteiger partial charge in [0.1, 0.15) is 10.7 Å². The zero-order valence-corrected chi connectivity index (χ0v) is 25.1. The maximum Gasteiger partial charge on any atom is 0.416 e. The number of carbonyl (C=O) groups is 2. The van der Waals surface area contributed by atoms with Crippen molar-refractivity contribution < 1.29 is 22.8 Å². The summed E-state index contributed by atoms with van der Waals surface area (Å²) in [5.41, 5.74) is 1.56. The third-order valence-electron chi connectivity index (χ3n) is 7.34. The highest BCUT2D eigenvalue weighted by Crippen LogP contribution is 2.32. The van der Waals surface area contributed by atoms with Crippen molar-refractivity contribution in [3.8, 4) is 0 Å². The molecule has 1 aliphatic heterocycles. The number of aromatic nitrogens is 2. The van der Waals surface area contributed by atoms with Gasteiger partial charge in [-0.3, -0.25) is 9.59 Å². The van der Waals surface area contributed by atoms with Crippen molar-refractivity contribution in [1.29, 1.82) is 0 Å². The van der Waals surface area contributed by atoms with E-state index >= 15 is 0 Å². The molecule has 0 unspecified atom stereocenters. The Morgan fingerprint density at radius 3 is 2.51 bits per heavy atom. The van der Waals surface area contributed by atoms with E-state index < -0.39 is 11.7 Å². The Kier molecular flexibility index (Phi) is 9.41. The van der Waals surface area contributed by atoms with Gasteiger partial charge >= 0.3 is 6.18 Å². The van der Waals surface area contributed by atoms with Gasteiger partial charge < -0.3 is 19.3 Å². The summed E-state index contributed by atoms with van der Waals surface area (Å²) in [6.07, 6.45) is -1.68. The number of piperazine rings is 1. The fraction of sp³-hybridized carbons (Fsp3) is 0.323. The number of thiazole rings is 1. The van der Waals surface area contributed by atoms with Crippen molar-refractivity contribution in [3.05, 3.63) is 105 Å². The van der Waals surface area contributed by atoms with E-state index in [1.807, 2.05) is 34.7 Å². The first-order valence-electron chi connectivity index (χ1n) is 14.0. The van der Waals surface area contributed by atoms with Crippen LogP contribution in [0.25, 0.3) is 0 Å². The molecular weight excluding hydrogens is 599 g/mol. The Balaban J connectivity index is 1.20. The Morgan fingerprint density at radius 2 is 1.79 bits per heavy atom. The number of carbonyl (C=O) groups excluding carboxylic acids is 2. The Labute approximate surface area is 257 Å². The zero-order chi connectivity index (χ0) is 30.6. The molecule has 4 aromatic rings. The summed E-state index contributed by atoms with van der Waals surface area (Å²) in [7, 11) is 0. The summed E-state index contributed by atoms with van der Waals surface area (Å²) in [6.45, 7) is 5.07. The van der Waals surface area contributed by atoms with Crippen molar-refractivity contribution in [2.45, 2.75) is 32.6 Å². The van der Waals surface area contributed by atoms with Gasteiger partial charge in [0.15, 0.2) is 0 Å². The predicted molar refractivity (Wildman–Crippen MR) is 162 cm³/mol. The molecular formula is C31H31ClF3N5O2S. The molecule has 0 N–H and O–H groups in total. The number of hydrogen-bond acceptors (Lipinski definition) is 5. The van der Waals surface area contributed by atoms with E-state index in [4.69, 9.17) is 11.6 Å². The minimum Gasteiger partial charge on any atom is -0.368 e. The molecule has 0 spiro atoms. The van der Waals surface area contributed by atoms with Crippen molar-refractivity contribution in [2.75, 3.05) is 37.6 Å². The van der Waals surface area contributed by atoms with E-state index in [-0.39, 0.29) is 11.8 Å². The molecule has 1 saturated heterocycles. The molecule has 7 nitrogen and oxygen atoms in total. The molecule has 2 amide bonds. The summed E-state index contributed by atoms with van der Waals surface area (Å²) < 4.78 is 41.4. The Hall–Kier alpha value is -3.83. The van der Waals surface area contributed by atoms with Crippen molar-refractivity contribution >= 4 is 40.4 Å². The van der Waals surface area contributed by atoms with E-state index in [2.05, 4.69) is 4.98 Å². The SMILES string of the molecule is CCCN(Cc1cccn1Cc1nc(C(=O)N2CCN(c3cccc(C(F)(F)F)c3)CC2)cs1)C(=O)c1ccccc1Cl. The van der Waals surface area contributed by atoms with Gasteiger partial charge in [-0.05, 0) is 48.9 Å². The fourth-order valence-electron chi connectivity index (χ4n) is 5.11. The lowest BCUT2D eigenvalue weighted by Gasteiger charge is -2.36. The summed E-state index contributed by atoms with van der Waals surface area (Å²) >= 11 is 7.68. The molecule has 0 radical (unpaired) electrons. The normalized spacial score (nSPS) is 13.8. The third kappa shape index (κ3) is 7.22. The van der Waals surface area contributed by atoms with Gasteiger partial charge in [-0.1, -0.05) is 36.7 Å². The largest absolute Gasteiger partial charge is 0.416 e. The fourth-order valence-corrected chi connectivity index (χ4v) is 6.09. The summed E-state index contributed by atoms with van der Waals surface area (Å²) in [5.74, 6) is -0.325. The number of alkyl halides is 3. The van der Waals surface area contributed by atoms with Crippen LogP contribution in [0.2, 0.25) is 5.02 Å². The lowest BCUT2D eigenvalue weighted by molar-refractivity contribution is -0.137. The predicted octanol–water partition coefficient (Wildman–Crippen LogP) is 6.68. The highest BCUT2D eigenvalue weighted by molar-refractivity contribution is 7.09. The molecule has 0 bridgehead atoms. The van der Waals surface area contributed by atoms with Crippen LogP contribution in [0.3, 0.4) is 0 Å². The second kappa shape index (κ2) is 13.2. The molecule has 0 atom stereocenters. The molecule has 1 aliphatic rings. The number of hydrogen-bond donors (Lipinski definition) is 0. The summed E-state index contributed by atoms with van der Waals surface area (Å²) in [4.78, 5) is 36.4. The molecule has 0 aliphatic carbocycles. The lowest BCUT2D eigenvalue weighted by atomic mass is 10.1. The monoisotopic (exact) mass is 629 g/mol. The maximum absolute atomic E-state index is 13.3. The molecule has 0 saturated carbocycles. The molecule has 1 fully saturated rings. The Morgan fingerprint density at radius 1 is 1.02 bits per heavy atom. The standard InChI is InChI=1S/C31H31ClF3N5O2S/c1-2-12-40(29(41)25-10-3-4-11-26(25)32)19-24-9-6-13-39(24)20-28-36-27(21-43-28)30(42)38-16-14-37(15-17-38)23-8-5-7-22(18-23)31(33,34)35/h3-11,13,18,21H,2,12,14-17,19-20H2,1H3. The van der Waals surface area contributed by atoms with E-state index in [9.17, 15) is 22.8 Å². The van der Waals surface area contributed by atoms with Crippen molar-refractivity contribution in [2.24, 2.45) is 0 Å². The van der Waals surface area contributed by atoms with Crippen molar-refractivity contribution in [1.82, 2.24) is 19.4 Å². The second-order valence-corrected chi connectivity index (χ2v) is 11.6. The average molecular weight is 630 g/mol. The number of benzene rings is 2. The first-order valence-corrected chi connectivity index (χ1v) is 15.2. The average Bonchev–Trinajstić information content (AvgIpc) is 3.66. The summed E-state index contributed by atoms with van der Waals surface area (Å²) in [6, 6.07) is 16.2. The van der Waals surface area contributed by atoms with Crippen LogP contribution in [-0.2, 0) is 19.3 Å². The van der Waals surface area contributed by atoms with Crippen LogP contribution in [0.4, 0.5) is 18.9 Å². The van der Waals surface area contributed by atoms with Crippen molar-refractivity contribution in [3.63, 3.8) is 0 Å². The minimum atomic E-state index is -4.40. The molecule has 5 rings (SSSR count). The molecule has 43 heavy (non-hydrogen) atoms. The van der Waals surface area contributed by atoms with Gasteiger partial charge in [-0.25, -0.2) is 4.98 Å². The maximum atomic E-state index is 13.3. The van der Waals surface area contributed by atoms with Crippen LogP contribution < -0.4 is 4.90 Å². The molecule has 3 heterocycles. The molecule has 226 valence electrons. The number of rotatable bonds is 9. The van der Waals surface area contributed by atoms with Gasteiger partial charge in [0.05, 0.1) is 29.2 Å². The number of nitrogens with zero attached hydrogens (tertiary/aromatic N) is 5. The van der Waals surface area contributed by atoms with Crippen LogP contribution in [0.5, 0.6) is 0 Å². The summed E-state index contributed by atoms with van der Waals surface area (Å²) in [5, 5.41) is 2.91. The van der Waals surface area contributed by atoms with Gasteiger partial charge in [0.2, 0.25) is 0 Å². The minimum absolute atomic E-state index is 0.129. The number of halogens is 4. The zero-order valence-electron chi connectivity index (χ0n) is 23.6. The van der Waals surface area contributed by atoms with Crippen LogP contribution in [-0.4, -0.2) is 63.9 Å². The number of amides is 2.